The van der Waals surface area contributed by atoms with E-state index in [0.29, 0.717) is 6.42 Å². The van der Waals surface area contributed by atoms with E-state index in [1.807, 2.05) is 59.5 Å². The summed E-state index contributed by atoms with van der Waals surface area (Å²) in [5.74, 6) is 0.280. The summed E-state index contributed by atoms with van der Waals surface area (Å²) in [5.41, 5.74) is 3.34. The number of amides is 1. The van der Waals surface area contributed by atoms with E-state index in [-0.39, 0.29) is 17.9 Å². The smallest absolute Gasteiger partial charge is 0.274 e. The van der Waals surface area contributed by atoms with Crippen molar-refractivity contribution in [2.45, 2.75) is 31.3 Å². The maximum absolute atomic E-state index is 13.2. The molecule has 0 N–H and O–H groups in total. The van der Waals surface area contributed by atoms with Crippen LogP contribution in [0.3, 0.4) is 0 Å². The van der Waals surface area contributed by atoms with Gasteiger partial charge in [0.25, 0.3) is 5.19 Å². The van der Waals surface area contributed by atoms with Gasteiger partial charge >= 0.3 is 0 Å². The van der Waals surface area contributed by atoms with Crippen LogP contribution in [0, 0.1) is 0 Å². The number of benzene rings is 3. The van der Waals surface area contributed by atoms with Crippen LogP contribution < -0.4 is 4.74 Å². The van der Waals surface area contributed by atoms with E-state index in [1.165, 1.54) is 11.1 Å². The Bertz CT molecular complexity index is 1100. The molecule has 162 valence electrons. The number of hydrogen-bond acceptors (Lipinski definition) is 4. The Morgan fingerprint density at radius 2 is 1.50 bits per heavy atom. The molecule has 1 aromatic heterocycles. The van der Waals surface area contributed by atoms with E-state index < -0.39 is 0 Å². The second-order valence-corrected chi connectivity index (χ2v) is 9.22. The van der Waals surface area contributed by atoms with Crippen molar-refractivity contribution in [2.75, 3.05) is 13.1 Å². The minimum Gasteiger partial charge on any atom is -0.467 e. The van der Waals surface area contributed by atoms with Gasteiger partial charge in [-0.25, -0.2) is 4.98 Å². The number of thiazole rings is 1. The van der Waals surface area contributed by atoms with Gasteiger partial charge in [-0.05, 0) is 23.3 Å². The molecule has 0 saturated carbocycles. The first-order chi connectivity index (χ1) is 15.8. The number of ether oxygens (including phenoxy) is 1. The number of aromatic nitrogens is 1. The fraction of sp³-hybridized carbons (Fsp3) is 0.259. The van der Waals surface area contributed by atoms with Gasteiger partial charge in [-0.1, -0.05) is 84.1 Å². The monoisotopic (exact) mass is 442 g/mol. The summed E-state index contributed by atoms with van der Waals surface area (Å²) in [6.45, 7) is 1.45. The average Bonchev–Trinajstić information content (AvgIpc) is 3.26. The van der Waals surface area contributed by atoms with Gasteiger partial charge in [-0.15, -0.1) is 0 Å². The summed E-state index contributed by atoms with van der Waals surface area (Å²) < 4.78 is 7.30. The standard InChI is InChI=1S/C27H26N2O2S/c30-26(19-23(20-9-3-1-4-10-20)21-11-5-2-6-12-21)29-17-15-22(16-18-29)31-27-28-24-13-7-8-14-25(24)32-27/h1-14,22-23H,15-19H2. The van der Waals surface area contributed by atoms with Gasteiger partial charge in [0.15, 0.2) is 0 Å². The molecular formula is C27H26N2O2S. The fourth-order valence-corrected chi connectivity index (χ4v) is 5.25. The number of piperidine rings is 1. The van der Waals surface area contributed by atoms with Crippen LogP contribution in [0.1, 0.15) is 36.3 Å². The number of carbonyl (C=O) groups is 1. The van der Waals surface area contributed by atoms with E-state index in [1.54, 1.807) is 11.3 Å². The van der Waals surface area contributed by atoms with Crippen molar-refractivity contribution in [2.24, 2.45) is 0 Å². The number of likely N-dealkylation sites (tertiary alicyclic amines) is 1. The summed E-state index contributed by atoms with van der Waals surface area (Å²) in [7, 11) is 0. The fourth-order valence-electron chi connectivity index (χ4n) is 4.37. The lowest BCUT2D eigenvalue weighted by Gasteiger charge is -2.32. The van der Waals surface area contributed by atoms with Crippen LogP contribution in [-0.2, 0) is 4.79 Å². The molecule has 0 atom stereocenters. The van der Waals surface area contributed by atoms with Crippen molar-refractivity contribution in [1.29, 1.82) is 0 Å². The Labute approximate surface area is 192 Å². The Kier molecular flexibility index (Phi) is 6.17. The van der Waals surface area contributed by atoms with Crippen molar-refractivity contribution in [3.8, 4) is 5.19 Å². The molecular weight excluding hydrogens is 416 g/mol. The number of carbonyl (C=O) groups excluding carboxylic acids is 1. The van der Waals surface area contributed by atoms with E-state index in [0.717, 1.165) is 41.3 Å². The highest BCUT2D eigenvalue weighted by atomic mass is 32.1. The highest BCUT2D eigenvalue weighted by Gasteiger charge is 2.27. The van der Waals surface area contributed by atoms with Crippen molar-refractivity contribution >= 4 is 27.5 Å². The zero-order valence-electron chi connectivity index (χ0n) is 17.9. The van der Waals surface area contributed by atoms with Gasteiger partial charge in [0.1, 0.15) is 6.10 Å². The molecule has 0 aliphatic carbocycles. The van der Waals surface area contributed by atoms with Crippen LogP contribution in [0.2, 0.25) is 0 Å². The Balaban J connectivity index is 1.21. The molecule has 5 heteroatoms. The summed E-state index contributed by atoms with van der Waals surface area (Å²) in [5, 5.41) is 0.726. The Morgan fingerprint density at radius 1 is 0.906 bits per heavy atom. The lowest BCUT2D eigenvalue weighted by molar-refractivity contribution is -0.133. The van der Waals surface area contributed by atoms with Crippen LogP contribution in [0.4, 0.5) is 0 Å². The van der Waals surface area contributed by atoms with Crippen LogP contribution in [-0.4, -0.2) is 35.0 Å². The molecule has 0 unspecified atom stereocenters. The molecule has 0 spiro atoms. The number of rotatable bonds is 6. The van der Waals surface area contributed by atoms with Gasteiger partial charge < -0.3 is 9.64 Å². The van der Waals surface area contributed by atoms with Crippen molar-refractivity contribution in [3.63, 3.8) is 0 Å². The number of fused-ring (bicyclic) bond motifs is 1. The van der Waals surface area contributed by atoms with Gasteiger partial charge in [-0.3, -0.25) is 4.79 Å². The molecule has 1 aliphatic rings. The topological polar surface area (TPSA) is 42.4 Å². The van der Waals surface area contributed by atoms with E-state index in [2.05, 4.69) is 35.3 Å². The molecule has 1 saturated heterocycles. The molecule has 3 aromatic carbocycles. The van der Waals surface area contributed by atoms with E-state index >= 15 is 0 Å². The first-order valence-electron chi connectivity index (χ1n) is 11.2. The predicted octanol–water partition coefficient (Wildman–Crippen LogP) is 5.89. The van der Waals surface area contributed by atoms with Gasteiger partial charge in [-0.2, -0.15) is 0 Å². The molecule has 1 amide bonds. The van der Waals surface area contributed by atoms with Crippen molar-refractivity contribution in [1.82, 2.24) is 9.88 Å². The largest absolute Gasteiger partial charge is 0.467 e. The molecule has 4 nitrogen and oxygen atoms in total. The van der Waals surface area contributed by atoms with E-state index in [4.69, 9.17) is 4.74 Å². The predicted molar refractivity (Wildman–Crippen MR) is 129 cm³/mol. The van der Waals surface area contributed by atoms with E-state index in [9.17, 15) is 4.79 Å². The third-order valence-electron chi connectivity index (χ3n) is 6.12. The minimum absolute atomic E-state index is 0.0709. The van der Waals surface area contributed by atoms with Gasteiger partial charge in [0.05, 0.1) is 10.2 Å². The van der Waals surface area contributed by atoms with Gasteiger partial charge in [0, 0.05) is 38.3 Å². The van der Waals surface area contributed by atoms with Crippen molar-refractivity contribution < 1.29 is 9.53 Å². The van der Waals surface area contributed by atoms with Crippen molar-refractivity contribution in [3.05, 3.63) is 96.1 Å². The summed E-state index contributed by atoms with van der Waals surface area (Å²) in [4.78, 5) is 19.8. The summed E-state index contributed by atoms with van der Waals surface area (Å²) in [6.07, 6.45) is 2.27. The lowest BCUT2D eigenvalue weighted by Crippen LogP contribution is -2.42. The lowest BCUT2D eigenvalue weighted by atomic mass is 9.88. The number of nitrogens with zero attached hydrogens (tertiary/aromatic N) is 2. The highest BCUT2D eigenvalue weighted by molar-refractivity contribution is 7.20. The second kappa shape index (κ2) is 9.53. The normalized spacial score (nSPS) is 14.7. The third-order valence-corrected chi connectivity index (χ3v) is 7.05. The van der Waals surface area contributed by atoms with Gasteiger partial charge in [0.2, 0.25) is 5.91 Å². The maximum atomic E-state index is 13.2. The molecule has 0 bridgehead atoms. The molecule has 0 radical (unpaired) electrons. The van der Waals surface area contributed by atoms with Crippen LogP contribution in [0.5, 0.6) is 5.19 Å². The highest BCUT2D eigenvalue weighted by Crippen LogP contribution is 2.31. The van der Waals surface area contributed by atoms with Crippen LogP contribution in [0.25, 0.3) is 10.2 Å². The molecule has 2 heterocycles. The molecule has 1 fully saturated rings. The zero-order chi connectivity index (χ0) is 21.8. The number of para-hydroxylation sites is 1. The SMILES string of the molecule is O=C(CC(c1ccccc1)c1ccccc1)N1CCC(Oc2nc3ccccc3s2)CC1. The number of hydrogen-bond donors (Lipinski definition) is 0. The Morgan fingerprint density at radius 3 is 2.12 bits per heavy atom. The summed E-state index contributed by atoms with van der Waals surface area (Å²) in [6, 6.07) is 28.8. The first kappa shape index (κ1) is 20.7. The zero-order valence-corrected chi connectivity index (χ0v) is 18.7. The second-order valence-electron chi connectivity index (χ2n) is 8.22. The van der Waals surface area contributed by atoms with Crippen LogP contribution in [0.15, 0.2) is 84.9 Å². The maximum Gasteiger partial charge on any atom is 0.274 e. The molecule has 32 heavy (non-hydrogen) atoms. The first-order valence-corrected chi connectivity index (χ1v) is 12.0. The third kappa shape index (κ3) is 4.68. The molecule has 5 rings (SSSR count). The molecule has 1 aliphatic heterocycles. The average molecular weight is 443 g/mol. The Hall–Kier alpha value is -3.18. The molecule has 4 aromatic rings. The van der Waals surface area contributed by atoms with Crippen LogP contribution >= 0.6 is 11.3 Å². The quantitative estimate of drug-likeness (QED) is 0.374. The summed E-state index contributed by atoms with van der Waals surface area (Å²) >= 11 is 1.59. The minimum atomic E-state index is 0.0709.